The number of amides is 2. The van der Waals surface area contributed by atoms with Gasteiger partial charge in [0.05, 0.1) is 17.4 Å². The third-order valence-electron chi connectivity index (χ3n) is 6.81. The largest absolute Gasteiger partial charge is 0.459 e. The molecular formula is C32H36F3N3O6S. The van der Waals surface area contributed by atoms with E-state index in [0.717, 1.165) is 6.26 Å². The molecule has 0 aliphatic heterocycles. The summed E-state index contributed by atoms with van der Waals surface area (Å²) in [6, 6.07) is 14.9. The number of alkyl halides is 3. The van der Waals surface area contributed by atoms with E-state index in [4.69, 9.17) is 10.5 Å². The highest BCUT2D eigenvalue weighted by Crippen LogP contribution is 2.35. The zero-order valence-corrected chi connectivity index (χ0v) is 25.8. The van der Waals surface area contributed by atoms with Crippen LogP contribution >= 0.6 is 0 Å². The highest BCUT2D eigenvalue weighted by Gasteiger charge is 2.43. The lowest BCUT2D eigenvalue weighted by molar-refractivity contribution is -0.162. The third kappa shape index (κ3) is 10.7. The van der Waals surface area contributed by atoms with Crippen molar-refractivity contribution in [3.05, 3.63) is 90.0 Å². The first-order chi connectivity index (χ1) is 21.0. The van der Waals surface area contributed by atoms with E-state index in [2.05, 4.69) is 10.6 Å². The molecule has 3 atom stereocenters. The fraction of sp³-hybridized carbons (Fsp3) is 0.344. The fourth-order valence-corrected chi connectivity index (χ4v) is 5.19. The van der Waals surface area contributed by atoms with Crippen LogP contribution in [0.25, 0.3) is 11.1 Å². The lowest BCUT2D eigenvalue weighted by Gasteiger charge is -2.29. The van der Waals surface area contributed by atoms with Gasteiger partial charge in [-0.15, -0.1) is 0 Å². The monoisotopic (exact) mass is 647 g/mol. The highest BCUT2D eigenvalue weighted by atomic mass is 32.2. The molecule has 0 radical (unpaired) electrons. The summed E-state index contributed by atoms with van der Waals surface area (Å²) in [4.78, 5) is 37.9. The zero-order chi connectivity index (χ0) is 33.4. The minimum absolute atomic E-state index is 0.0223. The summed E-state index contributed by atoms with van der Waals surface area (Å²) in [5.74, 6) is -3.02. The number of benzene rings is 3. The quantitative estimate of drug-likeness (QED) is 0.219. The van der Waals surface area contributed by atoms with E-state index in [1.54, 1.807) is 56.3 Å². The first-order valence-electron chi connectivity index (χ1n) is 14.1. The number of carbonyl (C=O) groups is 3. The lowest BCUT2D eigenvalue weighted by Crippen LogP contribution is -2.54. The molecule has 9 nitrogen and oxygen atoms in total. The Morgan fingerprint density at radius 1 is 0.867 bits per heavy atom. The van der Waals surface area contributed by atoms with Gasteiger partial charge in [0.2, 0.25) is 11.8 Å². The molecule has 0 fully saturated rings. The van der Waals surface area contributed by atoms with Gasteiger partial charge in [0.1, 0.15) is 18.7 Å². The number of carbonyl (C=O) groups excluding carboxylic acids is 3. The summed E-state index contributed by atoms with van der Waals surface area (Å²) in [5.41, 5.74) is 6.91. The standard InChI is InChI=1S/C32H36F3N3O6S/c1-20(2)17-26(30(40)38-27(18-28(36)39)31(41)44-19-21-7-5-4-6-8-21)37-29(32(33,34)35)24-11-9-22(10-12-24)23-13-15-25(16-14-23)45(3,42)43/h4-16,20,26-27,29,37H,17-19H2,1-3H3,(H2,36,39)(H,38,40)/t26-,27-,29-/m0/s1. The van der Waals surface area contributed by atoms with Gasteiger partial charge in [-0.25, -0.2) is 13.2 Å². The first-order valence-corrected chi connectivity index (χ1v) is 16.0. The van der Waals surface area contributed by atoms with Crippen molar-refractivity contribution >= 4 is 27.6 Å². The van der Waals surface area contributed by atoms with Gasteiger partial charge in [0.15, 0.2) is 9.84 Å². The molecule has 3 aromatic carbocycles. The third-order valence-corrected chi connectivity index (χ3v) is 7.94. The van der Waals surface area contributed by atoms with Crippen molar-refractivity contribution in [2.45, 2.75) is 62.5 Å². The van der Waals surface area contributed by atoms with Crippen molar-refractivity contribution in [3.8, 4) is 11.1 Å². The predicted molar refractivity (Wildman–Crippen MR) is 162 cm³/mol. The van der Waals surface area contributed by atoms with Crippen LogP contribution in [0.2, 0.25) is 0 Å². The average Bonchev–Trinajstić information content (AvgIpc) is 2.97. The first kappa shape index (κ1) is 35.3. The van der Waals surface area contributed by atoms with E-state index in [0.29, 0.717) is 16.7 Å². The molecule has 0 spiro atoms. The van der Waals surface area contributed by atoms with Crippen LogP contribution in [-0.2, 0) is 35.6 Å². The van der Waals surface area contributed by atoms with E-state index >= 15 is 0 Å². The Morgan fingerprint density at radius 2 is 1.42 bits per heavy atom. The summed E-state index contributed by atoms with van der Waals surface area (Å²) in [5, 5.41) is 4.77. The van der Waals surface area contributed by atoms with Crippen LogP contribution < -0.4 is 16.4 Å². The Hall–Kier alpha value is -4.23. The van der Waals surface area contributed by atoms with Crippen LogP contribution in [0.5, 0.6) is 0 Å². The van der Waals surface area contributed by atoms with Gasteiger partial charge in [-0.05, 0) is 46.7 Å². The molecule has 3 rings (SSSR count). The van der Waals surface area contributed by atoms with Gasteiger partial charge in [0.25, 0.3) is 0 Å². The lowest BCUT2D eigenvalue weighted by atomic mass is 9.97. The molecule has 0 unspecified atom stereocenters. The molecule has 0 aliphatic rings. The van der Waals surface area contributed by atoms with Gasteiger partial charge >= 0.3 is 12.1 Å². The van der Waals surface area contributed by atoms with E-state index in [9.17, 15) is 36.0 Å². The number of sulfone groups is 1. The van der Waals surface area contributed by atoms with Crippen molar-refractivity contribution in [3.63, 3.8) is 0 Å². The molecule has 0 saturated carbocycles. The van der Waals surface area contributed by atoms with Crippen molar-refractivity contribution in [1.82, 2.24) is 10.6 Å². The maximum Gasteiger partial charge on any atom is 0.407 e. The van der Waals surface area contributed by atoms with E-state index in [1.807, 2.05) is 0 Å². The van der Waals surface area contributed by atoms with Crippen molar-refractivity contribution in [2.75, 3.05) is 6.26 Å². The van der Waals surface area contributed by atoms with E-state index < -0.39 is 58.3 Å². The Balaban J connectivity index is 1.81. The Labute approximate surface area is 260 Å². The average molecular weight is 648 g/mol. The molecule has 2 amide bonds. The van der Waals surface area contributed by atoms with Crippen LogP contribution in [0.1, 0.15) is 43.9 Å². The summed E-state index contributed by atoms with van der Waals surface area (Å²) >= 11 is 0. The topological polar surface area (TPSA) is 145 Å². The Morgan fingerprint density at radius 3 is 1.91 bits per heavy atom. The number of ether oxygens (including phenoxy) is 1. The van der Waals surface area contributed by atoms with Crippen molar-refractivity contribution in [2.24, 2.45) is 11.7 Å². The normalized spacial score (nSPS) is 13.9. The molecule has 0 heterocycles. The van der Waals surface area contributed by atoms with Crippen molar-refractivity contribution in [1.29, 1.82) is 0 Å². The number of nitrogens with two attached hydrogens (primary N) is 1. The maximum absolute atomic E-state index is 14.4. The van der Waals surface area contributed by atoms with Gasteiger partial charge in [0, 0.05) is 6.26 Å². The number of hydrogen-bond acceptors (Lipinski definition) is 7. The number of esters is 1. The van der Waals surface area contributed by atoms with Crippen LogP contribution in [0, 0.1) is 5.92 Å². The fourth-order valence-electron chi connectivity index (χ4n) is 4.56. The molecule has 45 heavy (non-hydrogen) atoms. The number of primary amides is 1. The molecule has 242 valence electrons. The molecule has 0 saturated heterocycles. The van der Waals surface area contributed by atoms with Crippen molar-refractivity contribution < 1.29 is 40.7 Å². The van der Waals surface area contributed by atoms with Gasteiger partial charge < -0.3 is 15.8 Å². The van der Waals surface area contributed by atoms with Gasteiger partial charge in [-0.1, -0.05) is 80.6 Å². The molecule has 0 aliphatic carbocycles. The minimum atomic E-state index is -4.81. The second-order valence-electron chi connectivity index (χ2n) is 11.1. The van der Waals surface area contributed by atoms with Crippen LogP contribution in [-0.4, -0.2) is 50.7 Å². The van der Waals surface area contributed by atoms with E-state index in [1.165, 1.54) is 36.4 Å². The second-order valence-corrected chi connectivity index (χ2v) is 13.1. The van der Waals surface area contributed by atoms with Crippen LogP contribution in [0.4, 0.5) is 13.2 Å². The van der Waals surface area contributed by atoms with Gasteiger partial charge in [-0.3, -0.25) is 14.9 Å². The molecule has 4 N–H and O–H groups in total. The predicted octanol–water partition coefficient (Wildman–Crippen LogP) is 4.47. The zero-order valence-electron chi connectivity index (χ0n) is 25.0. The molecule has 3 aromatic rings. The minimum Gasteiger partial charge on any atom is -0.459 e. The highest BCUT2D eigenvalue weighted by molar-refractivity contribution is 7.90. The number of nitrogens with one attached hydrogen (secondary N) is 2. The Bertz CT molecular complexity index is 1560. The Kier molecular flexibility index (Phi) is 11.9. The van der Waals surface area contributed by atoms with Crippen LogP contribution in [0.3, 0.4) is 0 Å². The summed E-state index contributed by atoms with van der Waals surface area (Å²) in [6.07, 6.45) is -4.37. The summed E-state index contributed by atoms with van der Waals surface area (Å²) in [7, 11) is -3.41. The van der Waals surface area contributed by atoms with Gasteiger partial charge in [-0.2, -0.15) is 13.2 Å². The molecule has 0 bridgehead atoms. The number of rotatable bonds is 14. The van der Waals surface area contributed by atoms with Crippen LogP contribution in [0.15, 0.2) is 83.8 Å². The summed E-state index contributed by atoms with van der Waals surface area (Å²) < 4.78 is 71.9. The molecular weight excluding hydrogens is 611 g/mol. The second kappa shape index (κ2) is 15.2. The van der Waals surface area contributed by atoms with E-state index in [-0.39, 0.29) is 29.4 Å². The number of hydrogen-bond donors (Lipinski definition) is 3. The molecule has 13 heteroatoms. The number of halogens is 3. The molecule has 0 aromatic heterocycles. The smallest absolute Gasteiger partial charge is 0.407 e. The maximum atomic E-state index is 14.4. The SMILES string of the molecule is CC(C)C[C@H](N[C@@H](c1ccc(-c2ccc(S(C)(=O)=O)cc2)cc1)C(F)(F)F)C(=O)N[C@@H](CC(N)=O)C(=O)OCc1ccccc1. The summed E-state index contributed by atoms with van der Waals surface area (Å²) in [6.45, 7) is 3.30.